The molecule has 10 heavy (non-hydrogen) atoms. The van der Waals surface area contributed by atoms with E-state index in [9.17, 15) is 4.57 Å². The first kappa shape index (κ1) is 13.3. The second-order valence-corrected chi connectivity index (χ2v) is 4.88. The van der Waals surface area contributed by atoms with Gasteiger partial charge in [-0.05, 0) is 12.8 Å². The SMILES string of the molecule is CCCP(=O)(O)CCC.[Fe]. The number of rotatable bonds is 4. The largest absolute Gasteiger partial charge is 0.344 e. The van der Waals surface area contributed by atoms with Crippen molar-refractivity contribution < 1.29 is 26.5 Å². The van der Waals surface area contributed by atoms with Gasteiger partial charge in [0.05, 0.1) is 0 Å². The maximum absolute atomic E-state index is 11.0. The van der Waals surface area contributed by atoms with Crippen LogP contribution in [0.4, 0.5) is 0 Å². The number of hydrogen-bond donors (Lipinski definition) is 1. The summed E-state index contributed by atoms with van der Waals surface area (Å²) in [6.07, 6.45) is 2.60. The average molecular weight is 206 g/mol. The normalized spacial score (nSPS) is 10.7. The zero-order chi connectivity index (χ0) is 7.33. The van der Waals surface area contributed by atoms with E-state index < -0.39 is 7.37 Å². The van der Waals surface area contributed by atoms with Crippen LogP contribution in [0.3, 0.4) is 0 Å². The first-order chi connectivity index (χ1) is 4.12. The van der Waals surface area contributed by atoms with Gasteiger partial charge >= 0.3 is 0 Å². The standard InChI is InChI=1S/C6H15O2P.Fe/c1-3-5-9(7,8)6-4-2;/h3-6H2,1-2H3,(H,7,8);. The van der Waals surface area contributed by atoms with Gasteiger partial charge in [0.1, 0.15) is 0 Å². The molecule has 0 saturated heterocycles. The molecule has 0 aromatic carbocycles. The van der Waals surface area contributed by atoms with Crippen molar-refractivity contribution in [3.05, 3.63) is 0 Å². The fraction of sp³-hybridized carbons (Fsp3) is 1.00. The Morgan fingerprint density at radius 3 is 1.70 bits per heavy atom. The quantitative estimate of drug-likeness (QED) is 0.564. The summed E-state index contributed by atoms with van der Waals surface area (Å²) in [5.74, 6) is 0. The molecule has 0 amide bonds. The van der Waals surface area contributed by atoms with Crippen LogP contribution in [0.5, 0.6) is 0 Å². The van der Waals surface area contributed by atoms with E-state index in [-0.39, 0.29) is 17.1 Å². The molecule has 64 valence electrons. The Morgan fingerprint density at radius 1 is 1.20 bits per heavy atom. The van der Waals surface area contributed by atoms with Gasteiger partial charge in [-0.25, -0.2) is 0 Å². The predicted octanol–water partition coefficient (Wildman–Crippen LogP) is 2.07. The Bertz CT molecular complexity index is 106. The third-order valence-electron chi connectivity index (χ3n) is 1.15. The molecule has 0 spiro atoms. The van der Waals surface area contributed by atoms with Crippen LogP contribution in [-0.4, -0.2) is 17.2 Å². The monoisotopic (exact) mass is 206 g/mol. The molecule has 0 aliphatic heterocycles. The minimum absolute atomic E-state index is 0. The summed E-state index contributed by atoms with van der Waals surface area (Å²) in [6.45, 7) is 3.86. The second-order valence-electron chi connectivity index (χ2n) is 2.29. The summed E-state index contributed by atoms with van der Waals surface area (Å²) >= 11 is 0. The third-order valence-corrected chi connectivity index (χ3v) is 3.44. The van der Waals surface area contributed by atoms with Crippen LogP contribution in [0.25, 0.3) is 0 Å². The van der Waals surface area contributed by atoms with E-state index in [2.05, 4.69) is 0 Å². The van der Waals surface area contributed by atoms with Crippen LogP contribution in [-0.2, 0) is 21.6 Å². The summed E-state index contributed by atoms with van der Waals surface area (Å²) in [6, 6.07) is 0. The maximum Gasteiger partial charge on any atom is 0.200 e. The molecule has 1 N–H and O–H groups in total. The molecule has 0 fully saturated rings. The Balaban J connectivity index is 0. The minimum atomic E-state index is -2.69. The van der Waals surface area contributed by atoms with Gasteiger partial charge < -0.3 is 4.89 Å². The van der Waals surface area contributed by atoms with Crippen molar-refractivity contribution in [2.45, 2.75) is 26.7 Å². The zero-order valence-electron chi connectivity index (χ0n) is 6.48. The Morgan fingerprint density at radius 2 is 1.50 bits per heavy atom. The third kappa shape index (κ3) is 6.82. The van der Waals surface area contributed by atoms with Gasteiger partial charge in [0.25, 0.3) is 0 Å². The van der Waals surface area contributed by atoms with Crippen molar-refractivity contribution in [3.8, 4) is 0 Å². The molecule has 0 unspecified atom stereocenters. The van der Waals surface area contributed by atoms with Crippen molar-refractivity contribution in [1.29, 1.82) is 0 Å². The van der Waals surface area contributed by atoms with E-state index in [0.717, 1.165) is 12.8 Å². The van der Waals surface area contributed by atoms with Gasteiger partial charge in [-0.3, -0.25) is 4.57 Å². The summed E-state index contributed by atoms with van der Waals surface area (Å²) in [5, 5.41) is 0. The number of hydrogen-bond acceptors (Lipinski definition) is 1. The minimum Gasteiger partial charge on any atom is -0.344 e. The van der Waals surface area contributed by atoms with Gasteiger partial charge in [-0.15, -0.1) is 0 Å². The zero-order valence-corrected chi connectivity index (χ0v) is 8.48. The van der Waals surface area contributed by atoms with Gasteiger partial charge in [-0.1, -0.05) is 13.8 Å². The van der Waals surface area contributed by atoms with Crippen LogP contribution in [0.1, 0.15) is 26.7 Å². The van der Waals surface area contributed by atoms with Crippen LogP contribution >= 0.6 is 7.37 Å². The van der Waals surface area contributed by atoms with Gasteiger partial charge in [-0.2, -0.15) is 0 Å². The van der Waals surface area contributed by atoms with Crippen LogP contribution < -0.4 is 0 Å². The van der Waals surface area contributed by atoms with Gasteiger partial charge in [0.15, 0.2) is 0 Å². The summed E-state index contributed by atoms with van der Waals surface area (Å²) < 4.78 is 11.0. The second kappa shape index (κ2) is 6.42. The molecule has 4 heteroatoms. The molecule has 0 saturated carbocycles. The Labute approximate surface area is 73.3 Å². The first-order valence-corrected chi connectivity index (χ1v) is 5.46. The average Bonchev–Trinajstić information content (AvgIpc) is 1.64. The molecule has 0 rings (SSSR count). The topological polar surface area (TPSA) is 37.3 Å². The van der Waals surface area contributed by atoms with E-state index in [0.29, 0.717) is 12.3 Å². The van der Waals surface area contributed by atoms with Gasteiger partial charge in [0.2, 0.25) is 7.37 Å². The summed E-state index contributed by atoms with van der Waals surface area (Å²) in [4.78, 5) is 9.07. The van der Waals surface area contributed by atoms with Crippen molar-refractivity contribution in [2.24, 2.45) is 0 Å². The van der Waals surface area contributed by atoms with E-state index in [4.69, 9.17) is 4.89 Å². The van der Waals surface area contributed by atoms with Crippen molar-refractivity contribution in [1.82, 2.24) is 0 Å². The molecule has 0 aliphatic carbocycles. The molecule has 0 atom stereocenters. The van der Waals surface area contributed by atoms with Crippen molar-refractivity contribution in [3.63, 3.8) is 0 Å². The molecule has 0 aliphatic rings. The van der Waals surface area contributed by atoms with Crippen molar-refractivity contribution in [2.75, 3.05) is 12.3 Å². The van der Waals surface area contributed by atoms with E-state index in [1.54, 1.807) is 0 Å². The smallest absolute Gasteiger partial charge is 0.200 e. The summed E-state index contributed by atoms with van der Waals surface area (Å²) in [5.41, 5.74) is 0. The molecular weight excluding hydrogens is 191 g/mol. The van der Waals surface area contributed by atoms with Crippen LogP contribution in [0.15, 0.2) is 0 Å². The van der Waals surface area contributed by atoms with Crippen molar-refractivity contribution >= 4 is 7.37 Å². The van der Waals surface area contributed by atoms with Crippen LogP contribution in [0, 0.1) is 0 Å². The van der Waals surface area contributed by atoms with E-state index in [1.165, 1.54) is 0 Å². The molecule has 2 nitrogen and oxygen atoms in total. The molecular formula is C6H15FeO2P. The fourth-order valence-corrected chi connectivity index (χ4v) is 2.43. The maximum atomic E-state index is 11.0. The molecule has 0 aromatic heterocycles. The fourth-order valence-electron chi connectivity index (χ4n) is 0.811. The Kier molecular flexibility index (Phi) is 8.55. The predicted molar refractivity (Wildman–Crippen MR) is 40.1 cm³/mol. The van der Waals surface area contributed by atoms with Crippen LogP contribution in [0.2, 0.25) is 0 Å². The summed E-state index contributed by atoms with van der Waals surface area (Å²) in [7, 11) is -2.69. The molecule has 0 heterocycles. The first-order valence-electron chi connectivity index (χ1n) is 3.43. The van der Waals surface area contributed by atoms with E-state index in [1.807, 2.05) is 13.8 Å². The Hall–Kier alpha value is 0.709. The van der Waals surface area contributed by atoms with Gasteiger partial charge in [0, 0.05) is 29.4 Å². The molecule has 0 aromatic rings. The molecule has 0 radical (unpaired) electrons. The van der Waals surface area contributed by atoms with E-state index >= 15 is 0 Å². The molecule has 0 bridgehead atoms.